The molecule has 0 radical (unpaired) electrons. The summed E-state index contributed by atoms with van der Waals surface area (Å²) in [5.41, 5.74) is 1.15. The molecule has 90 valence electrons. The molecular formula is C11H9N5OS. The van der Waals surface area contributed by atoms with E-state index in [1.165, 1.54) is 24.0 Å². The van der Waals surface area contributed by atoms with Crippen molar-refractivity contribution in [1.29, 1.82) is 0 Å². The number of hydrogen-bond acceptors (Lipinski definition) is 5. The lowest BCUT2D eigenvalue weighted by Crippen LogP contribution is -2.11. The Balaban J connectivity index is 1.92. The van der Waals surface area contributed by atoms with E-state index in [0.29, 0.717) is 21.9 Å². The zero-order valence-electron chi connectivity index (χ0n) is 9.47. The number of carbonyl (C=O) groups is 1. The van der Waals surface area contributed by atoms with E-state index in [4.69, 9.17) is 0 Å². The molecule has 0 aliphatic heterocycles. The van der Waals surface area contributed by atoms with E-state index in [2.05, 4.69) is 25.3 Å². The Hall–Kier alpha value is -2.28. The lowest BCUT2D eigenvalue weighted by Gasteiger charge is -2.02. The average Bonchev–Trinajstić information content (AvgIpc) is 2.97. The molecule has 0 aliphatic carbocycles. The number of aryl methyl sites for hydroxylation is 1. The average molecular weight is 259 g/mol. The van der Waals surface area contributed by atoms with Gasteiger partial charge in [-0.05, 0) is 19.1 Å². The molecule has 2 N–H and O–H groups in total. The normalized spacial score (nSPS) is 10.7. The predicted octanol–water partition coefficient (Wildman–Crippen LogP) is 1.98. The van der Waals surface area contributed by atoms with Gasteiger partial charge >= 0.3 is 0 Å². The van der Waals surface area contributed by atoms with Gasteiger partial charge in [0.1, 0.15) is 11.8 Å². The van der Waals surface area contributed by atoms with E-state index in [-0.39, 0.29) is 5.91 Å². The number of carbonyl (C=O) groups excluding carboxylic acids is 1. The van der Waals surface area contributed by atoms with Gasteiger partial charge in [0.05, 0.1) is 11.2 Å². The maximum absolute atomic E-state index is 12.0. The number of hydrogen-bond donors (Lipinski definition) is 2. The summed E-state index contributed by atoms with van der Waals surface area (Å²) in [7, 11) is 0. The Bertz CT molecular complexity index is 717. The van der Waals surface area contributed by atoms with Crippen LogP contribution in [0.5, 0.6) is 0 Å². The molecular weight excluding hydrogens is 250 g/mol. The van der Waals surface area contributed by atoms with Gasteiger partial charge in [-0.2, -0.15) is 0 Å². The van der Waals surface area contributed by atoms with Crippen LogP contribution in [-0.4, -0.2) is 25.8 Å². The van der Waals surface area contributed by atoms with E-state index < -0.39 is 0 Å². The first-order valence-electron chi connectivity index (χ1n) is 5.26. The molecule has 0 bridgehead atoms. The number of thiophene rings is 1. The third-order valence-corrected chi connectivity index (χ3v) is 3.42. The van der Waals surface area contributed by atoms with Crippen LogP contribution in [0.25, 0.3) is 11.2 Å². The summed E-state index contributed by atoms with van der Waals surface area (Å²) in [5, 5.41) is 2.75. The molecule has 0 fully saturated rings. The van der Waals surface area contributed by atoms with E-state index in [1.807, 2.05) is 13.0 Å². The first-order valence-corrected chi connectivity index (χ1v) is 6.07. The van der Waals surface area contributed by atoms with E-state index in [0.717, 1.165) is 4.88 Å². The first-order chi connectivity index (χ1) is 8.74. The highest BCUT2D eigenvalue weighted by atomic mass is 32.1. The smallest absolute Gasteiger partial charge is 0.266 e. The monoisotopic (exact) mass is 259 g/mol. The summed E-state index contributed by atoms with van der Waals surface area (Å²) < 4.78 is 0. The Morgan fingerprint density at radius 2 is 2.22 bits per heavy atom. The number of rotatable bonds is 2. The van der Waals surface area contributed by atoms with Gasteiger partial charge in [-0.3, -0.25) is 4.79 Å². The van der Waals surface area contributed by atoms with Gasteiger partial charge in [0.15, 0.2) is 11.5 Å². The summed E-state index contributed by atoms with van der Waals surface area (Å²) >= 11 is 1.44. The quantitative estimate of drug-likeness (QED) is 0.737. The van der Waals surface area contributed by atoms with E-state index in [1.54, 1.807) is 6.07 Å². The number of fused-ring (bicyclic) bond motifs is 1. The highest BCUT2D eigenvalue weighted by Gasteiger charge is 2.12. The number of imidazole rings is 1. The minimum atomic E-state index is -0.178. The molecule has 3 aromatic rings. The van der Waals surface area contributed by atoms with Crippen LogP contribution in [0.2, 0.25) is 0 Å². The highest BCUT2D eigenvalue weighted by Crippen LogP contribution is 2.19. The topological polar surface area (TPSA) is 83.6 Å². The minimum absolute atomic E-state index is 0.178. The van der Waals surface area contributed by atoms with Crippen molar-refractivity contribution in [2.24, 2.45) is 0 Å². The van der Waals surface area contributed by atoms with Gasteiger partial charge in [0, 0.05) is 4.88 Å². The summed E-state index contributed by atoms with van der Waals surface area (Å²) in [4.78, 5) is 28.7. The van der Waals surface area contributed by atoms with Crippen LogP contribution in [0, 0.1) is 6.92 Å². The van der Waals surface area contributed by atoms with Gasteiger partial charge in [-0.1, -0.05) is 0 Å². The van der Waals surface area contributed by atoms with Crippen LogP contribution in [0.3, 0.4) is 0 Å². The largest absolute Gasteiger partial charge is 0.340 e. The third-order valence-electron chi connectivity index (χ3n) is 2.42. The molecule has 18 heavy (non-hydrogen) atoms. The fourth-order valence-electron chi connectivity index (χ4n) is 1.59. The number of nitrogens with zero attached hydrogens (tertiary/aromatic N) is 3. The molecule has 3 aromatic heterocycles. The van der Waals surface area contributed by atoms with Crippen LogP contribution >= 0.6 is 11.3 Å². The van der Waals surface area contributed by atoms with E-state index >= 15 is 0 Å². The number of amides is 1. The standard InChI is InChI=1S/C11H9N5OS/c1-6-2-3-7(18-6)11(17)16-10-8-9(13-4-12-8)14-5-15-10/h2-5H,1H3,(H2,12,13,14,15,16,17). The predicted molar refractivity (Wildman–Crippen MR) is 68.7 cm³/mol. The van der Waals surface area contributed by atoms with Gasteiger partial charge in [-0.15, -0.1) is 11.3 Å². The Morgan fingerprint density at radius 3 is 3.00 bits per heavy atom. The first kappa shape index (κ1) is 10.8. The zero-order chi connectivity index (χ0) is 12.5. The molecule has 7 heteroatoms. The van der Waals surface area contributed by atoms with Crippen LogP contribution in [0.1, 0.15) is 14.5 Å². The number of aromatic nitrogens is 4. The number of aromatic amines is 1. The lowest BCUT2D eigenvalue weighted by atomic mass is 10.4. The van der Waals surface area contributed by atoms with Crippen molar-refractivity contribution in [3.05, 3.63) is 34.5 Å². The van der Waals surface area contributed by atoms with Crippen LogP contribution in [-0.2, 0) is 0 Å². The highest BCUT2D eigenvalue weighted by molar-refractivity contribution is 7.14. The van der Waals surface area contributed by atoms with Gasteiger partial charge in [0.2, 0.25) is 0 Å². The second kappa shape index (κ2) is 4.19. The number of H-pyrrole nitrogens is 1. The van der Waals surface area contributed by atoms with Crippen molar-refractivity contribution in [2.45, 2.75) is 6.92 Å². The van der Waals surface area contributed by atoms with Crippen molar-refractivity contribution >= 4 is 34.2 Å². The maximum atomic E-state index is 12.0. The second-order valence-corrected chi connectivity index (χ2v) is 4.98. The third kappa shape index (κ3) is 1.84. The second-order valence-electron chi connectivity index (χ2n) is 3.69. The molecule has 0 saturated heterocycles. The van der Waals surface area contributed by atoms with Crippen LogP contribution in [0.15, 0.2) is 24.8 Å². The van der Waals surface area contributed by atoms with Gasteiger partial charge in [-0.25, -0.2) is 15.0 Å². The van der Waals surface area contributed by atoms with Crippen molar-refractivity contribution in [3.63, 3.8) is 0 Å². The van der Waals surface area contributed by atoms with Gasteiger partial charge in [0.25, 0.3) is 5.91 Å². The van der Waals surface area contributed by atoms with Crippen molar-refractivity contribution in [3.8, 4) is 0 Å². The fraction of sp³-hybridized carbons (Fsp3) is 0.0909. The number of nitrogens with one attached hydrogen (secondary N) is 2. The van der Waals surface area contributed by atoms with Gasteiger partial charge < -0.3 is 10.3 Å². The van der Waals surface area contributed by atoms with Crippen LogP contribution < -0.4 is 5.32 Å². The molecule has 0 aromatic carbocycles. The summed E-state index contributed by atoms with van der Waals surface area (Å²) in [6.07, 6.45) is 2.89. The molecule has 6 nitrogen and oxygen atoms in total. The van der Waals surface area contributed by atoms with Crippen molar-refractivity contribution < 1.29 is 4.79 Å². The summed E-state index contributed by atoms with van der Waals surface area (Å²) in [5.74, 6) is 0.260. The molecule has 0 atom stereocenters. The fourth-order valence-corrected chi connectivity index (χ4v) is 2.35. The van der Waals surface area contributed by atoms with Crippen LogP contribution in [0.4, 0.5) is 5.82 Å². The molecule has 0 spiro atoms. The Kier molecular flexibility index (Phi) is 2.52. The summed E-state index contributed by atoms with van der Waals surface area (Å²) in [6.45, 7) is 1.96. The Labute approximate surface area is 106 Å². The van der Waals surface area contributed by atoms with Crippen molar-refractivity contribution in [2.75, 3.05) is 5.32 Å². The molecule has 3 rings (SSSR count). The van der Waals surface area contributed by atoms with Crippen molar-refractivity contribution in [1.82, 2.24) is 19.9 Å². The summed E-state index contributed by atoms with van der Waals surface area (Å²) in [6, 6.07) is 3.70. The molecule has 1 amide bonds. The molecule has 3 heterocycles. The molecule has 0 unspecified atom stereocenters. The van der Waals surface area contributed by atoms with E-state index in [9.17, 15) is 4.79 Å². The number of anilines is 1. The maximum Gasteiger partial charge on any atom is 0.266 e. The Morgan fingerprint density at radius 1 is 1.33 bits per heavy atom. The molecule has 0 saturated carbocycles. The zero-order valence-corrected chi connectivity index (χ0v) is 10.3. The SMILES string of the molecule is Cc1ccc(C(=O)Nc2ncnc3nc[nH]c23)s1. The lowest BCUT2D eigenvalue weighted by molar-refractivity contribution is 0.103. The molecule has 0 aliphatic rings. The minimum Gasteiger partial charge on any atom is -0.340 e.